The molecule has 1 unspecified atom stereocenters. The van der Waals surface area contributed by atoms with E-state index in [0.29, 0.717) is 19.5 Å². The molecule has 1 amide bonds. The van der Waals surface area contributed by atoms with Crippen LogP contribution in [0.3, 0.4) is 0 Å². The van der Waals surface area contributed by atoms with E-state index in [4.69, 9.17) is 0 Å². The third-order valence-corrected chi connectivity index (χ3v) is 4.74. The monoisotopic (exact) mass is 340 g/mol. The average molecular weight is 341 g/mol. The lowest BCUT2D eigenvalue weighted by atomic mass is 10.0. The number of imidazole rings is 1. The number of nitrogens with one attached hydrogen (secondary N) is 3. The second-order valence-electron chi connectivity index (χ2n) is 4.39. The number of carbonyl (C=O) groups excluding carboxylic acids is 1. The molecule has 3 heterocycles. The van der Waals surface area contributed by atoms with Crippen LogP contribution in [0.2, 0.25) is 0 Å². The molecule has 1 atom stereocenters. The molecule has 2 aromatic heterocycles. The number of rotatable bonds is 3. The second-order valence-corrected chi connectivity index (χ2v) is 6.94. The number of carbonyl (C=O) groups is 1. The number of aromatic amines is 1. The molecule has 0 spiro atoms. The van der Waals surface area contributed by atoms with Gasteiger partial charge in [0.1, 0.15) is 0 Å². The minimum Gasteiger partial charge on any atom is -0.350 e. The quantitative estimate of drug-likeness (QED) is 0.794. The Balaban J connectivity index is 1.57. The molecule has 1 aliphatic rings. The summed E-state index contributed by atoms with van der Waals surface area (Å²) in [6.45, 7) is 1.23. The lowest BCUT2D eigenvalue weighted by Crippen LogP contribution is -2.47. The van der Waals surface area contributed by atoms with Crippen LogP contribution >= 0.6 is 27.3 Å². The summed E-state index contributed by atoms with van der Waals surface area (Å²) in [6.07, 6.45) is 2.31. The number of thiophene rings is 1. The zero-order valence-corrected chi connectivity index (χ0v) is 12.5. The summed E-state index contributed by atoms with van der Waals surface area (Å²) >= 11 is 5.04. The highest BCUT2D eigenvalue weighted by Crippen LogP contribution is 2.21. The van der Waals surface area contributed by atoms with Crippen molar-refractivity contribution in [3.05, 3.63) is 38.5 Å². The Kier molecular flexibility index (Phi) is 3.67. The van der Waals surface area contributed by atoms with Crippen molar-refractivity contribution >= 4 is 33.2 Å². The van der Waals surface area contributed by atoms with E-state index < -0.39 is 0 Å². The van der Waals surface area contributed by atoms with Gasteiger partial charge < -0.3 is 10.3 Å². The van der Waals surface area contributed by atoms with Crippen LogP contribution in [0.4, 0.5) is 0 Å². The highest BCUT2D eigenvalue weighted by molar-refractivity contribution is 9.11. The predicted octanol–water partition coefficient (Wildman–Crippen LogP) is 1.56. The Hall–Kier alpha value is -1.18. The minimum absolute atomic E-state index is 0.0261. The zero-order valence-electron chi connectivity index (χ0n) is 10.1. The fourth-order valence-corrected chi connectivity index (χ4v) is 3.52. The van der Waals surface area contributed by atoms with Crippen LogP contribution in [0.5, 0.6) is 0 Å². The molecule has 100 valence electrons. The van der Waals surface area contributed by atoms with Gasteiger partial charge in [-0.3, -0.25) is 10.1 Å². The third kappa shape index (κ3) is 2.88. The van der Waals surface area contributed by atoms with E-state index >= 15 is 0 Å². The fraction of sp³-hybridized carbons (Fsp3) is 0.333. The minimum atomic E-state index is -0.195. The van der Waals surface area contributed by atoms with Crippen LogP contribution in [0.1, 0.15) is 16.3 Å². The van der Waals surface area contributed by atoms with Crippen molar-refractivity contribution in [3.63, 3.8) is 0 Å². The zero-order chi connectivity index (χ0) is 13.2. The smallest absolute Gasteiger partial charge is 0.237 e. The molecule has 5 nitrogen and oxygen atoms in total. The van der Waals surface area contributed by atoms with E-state index in [1.165, 1.54) is 0 Å². The van der Waals surface area contributed by atoms with Crippen molar-refractivity contribution in [2.45, 2.75) is 25.6 Å². The van der Waals surface area contributed by atoms with E-state index in [1.807, 2.05) is 12.1 Å². The summed E-state index contributed by atoms with van der Waals surface area (Å²) in [6, 6.07) is 3.80. The van der Waals surface area contributed by atoms with Crippen molar-refractivity contribution in [3.8, 4) is 0 Å². The summed E-state index contributed by atoms with van der Waals surface area (Å²) in [5.74, 6) is 0.0261. The van der Waals surface area contributed by atoms with Crippen molar-refractivity contribution in [1.29, 1.82) is 0 Å². The summed E-state index contributed by atoms with van der Waals surface area (Å²) in [7, 11) is 0. The molecule has 0 fully saturated rings. The molecular formula is C12H13BrN4OS. The first-order valence-corrected chi connectivity index (χ1v) is 7.60. The SMILES string of the molecule is O=C(NCc1ccc(Br)s1)C1Cc2nc[nH]c2CN1. The number of amides is 1. The lowest BCUT2D eigenvalue weighted by Gasteiger charge is -2.22. The maximum atomic E-state index is 12.1. The third-order valence-electron chi connectivity index (χ3n) is 3.11. The predicted molar refractivity (Wildman–Crippen MR) is 76.8 cm³/mol. The van der Waals surface area contributed by atoms with Crippen molar-refractivity contribution < 1.29 is 4.79 Å². The van der Waals surface area contributed by atoms with Gasteiger partial charge >= 0.3 is 0 Å². The van der Waals surface area contributed by atoms with Crippen LogP contribution in [0.25, 0.3) is 0 Å². The topological polar surface area (TPSA) is 69.8 Å². The average Bonchev–Trinajstić information content (AvgIpc) is 3.03. The Morgan fingerprint density at radius 3 is 3.26 bits per heavy atom. The summed E-state index contributed by atoms with van der Waals surface area (Å²) in [4.78, 5) is 20.5. The Bertz CT molecular complexity index is 594. The van der Waals surface area contributed by atoms with E-state index in [1.54, 1.807) is 17.7 Å². The first kappa shape index (κ1) is 12.8. The van der Waals surface area contributed by atoms with Crippen molar-refractivity contribution in [2.24, 2.45) is 0 Å². The number of nitrogens with zero attached hydrogens (tertiary/aromatic N) is 1. The van der Waals surface area contributed by atoms with Crippen LogP contribution in [0, 0.1) is 0 Å². The van der Waals surface area contributed by atoms with Gasteiger partial charge in [-0.2, -0.15) is 0 Å². The first-order chi connectivity index (χ1) is 9.22. The molecule has 2 aromatic rings. The van der Waals surface area contributed by atoms with E-state index in [2.05, 4.69) is 36.5 Å². The van der Waals surface area contributed by atoms with Gasteiger partial charge in [-0.1, -0.05) is 0 Å². The van der Waals surface area contributed by atoms with Gasteiger partial charge in [0.05, 0.1) is 34.1 Å². The standard InChI is InChI=1S/C12H13BrN4OS/c13-11-2-1-7(19-11)4-15-12(18)9-3-8-10(5-14-9)17-6-16-8/h1-2,6,9,14H,3-5H2,(H,15,18)(H,16,17). The van der Waals surface area contributed by atoms with Gasteiger partial charge in [-0.25, -0.2) is 4.98 Å². The van der Waals surface area contributed by atoms with Crippen LogP contribution in [-0.4, -0.2) is 21.9 Å². The van der Waals surface area contributed by atoms with Crippen molar-refractivity contribution in [2.75, 3.05) is 0 Å². The summed E-state index contributed by atoms with van der Waals surface area (Å²) in [5.41, 5.74) is 2.06. The molecule has 7 heteroatoms. The molecular weight excluding hydrogens is 328 g/mol. The Morgan fingerprint density at radius 2 is 2.47 bits per heavy atom. The largest absolute Gasteiger partial charge is 0.350 e. The number of H-pyrrole nitrogens is 1. The summed E-state index contributed by atoms with van der Waals surface area (Å²) < 4.78 is 1.08. The molecule has 0 bridgehead atoms. The lowest BCUT2D eigenvalue weighted by molar-refractivity contribution is -0.123. The highest BCUT2D eigenvalue weighted by atomic mass is 79.9. The van der Waals surface area contributed by atoms with Crippen LogP contribution in [-0.2, 0) is 24.3 Å². The molecule has 0 saturated carbocycles. The first-order valence-electron chi connectivity index (χ1n) is 5.99. The number of hydrogen-bond donors (Lipinski definition) is 3. The molecule has 1 aliphatic heterocycles. The second kappa shape index (κ2) is 5.44. The normalized spacial score (nSPS) is 18.1. The Labute approximate surface area is 123 Å². The molecule has 3 N–H and O–H groups in total. The van der Waals surface area contributed by atoms with Crippen LogP contribution in [0.15, 0.2) is 22.2 Å². The molecule has 3 rings (SSSR count). The van der Waals surface area contributed by atoms with Gasteiger partial charge in [0.2, 0.25) is 5.91 Å². The molecule has 19 heavy (non-hydrogen) atoms. The van der Waals surface area contributed by atoms with Gasteiger partial charge in [0.15, 0.2) is 0 Å². The molecule has 0 saturated heterocycles. The number of aromatic nitrogens is 2. The van der Waals surface area contributed by atoms with Gasteiger partial charge in [0.25, 0.3) is 0 Å². The van der Waals surface area contributed by atoms with E-state index in [0.717, 1.165) is 20.1 Å². The molecule has 0 radical (unpaired) electrons. The van der Waals surface area contributed by atoms with Crippen molar-refractivity contribution in [1.82, 2.24) is 20.6 Å². The van der Waals surface area contributed by atoms with E-state index in [-0.39, 0.29) is 11.9 Å². The molecule has 0 aliphatic carbocycles. The number of hydrogen-bond acceptors (Lipinski definition) is 4. The summed E-state index contributed by atoms with van der Waals surface area (Å²) in [5, 5.41) is 6.17. The molecule has 0 aromatic carbocycles. The van der Waals surface area contributed by atoms with E-state index in [9.17, 15) is 4.79 Å². The number of fused-ring (bicyclic) bond motifs is 1. The number of halogens is 1. The maximum Gasteiger partial charge on any atom is 0.237 e. The van der Waals surface area contributed by atoms with Gasteiger partial charge in [0, 0.05) is 17.8 Å². The van der Waals surface area contributed by atoms with Crippen LogP contribution < -0.4 is 10.6 Å². The Morgan fingerprint density at radius 1 is 1.58 bits per heavy atom. The van der Waals surface area contributed by atoms with Gasteiger partial charge in [-0.15, -0.1) is 11.3 Å². The van der Waals surface area contributed by atoms with Gasteiger partial charge in [-0.05, 0) is 28.1 Å². The maximum absolute atomic E-state index is 12.1. The fourth-order valence-electron chi connectivity index (χ4n) is 2.10. The highest BCUT2D eigenvalue weighted by Gasteiger charge is 2.25.